The van der Waals surface area contributed by atoms with Gasteiger partial charge < -0.3 is 19.5 Å². The van der Waals surface area contributed by atoms with Crippen molar-refractivity contribution in [1.29, 1.82) is 0 Å². The molecule has 124 valence electrons. The summed E-state index contributed by atoms with van der Waals surface area (Å²) in [6.45, 7) is 2.10. The Labute approximate surface area is 140 Å². The first-order valence-electron chi connectivity index (χ1n) is 7.76. The number of ether oxygens (including phenoxy) is 3. The maximum atomic E-state index is 5.75. The largest absolute Gasteiger partial charge is 0.491 e. The van der Waals surface area contributed by atoms with Crippen molar-refractivity contribution in [3.05, 3.63) is 30.1 Å². The van der Waals surface area contributed by atoms with Crippen LogP contribution in [0.5, 0.6) is 5.75 Å². The first-order chi connectivity index (χ1) is 11.3. The molecule has 1 aromatic heterocycles. The number of hydrogen-bond acceptors (Lipinski definition) is 7. The Morgan fingerprint density at radius 2 is 2.22 bits per heavy atom. The van der Waals surface area contributed by atoms with E-state index in [-0.39, 0.29) is 6.10 Å². The minimum Gasteiger partial charge on any atom is -0.491 e. The summed E-state index contributed by atoms with van der Waals surface area (Å²) in [6, 6.07) is 7.84. The van der Waals surface area contributed by atoms with Crippen molar-refractivity contribution >= 4 is 22.4 Å². The fraction of sp³-hybridized carbons (Fsp3) is 0.500. The second-order valence-electron chi connectivity index (χ2n) is 5.35. The second-order valence-corrected chi connectivity index (χ2v) is 6.11. The molecular formula is C16H21N3O3S. The van der Waals surface area contributed by atoms with Crippen LogP contribution in [0.4, 0.5) is 10.8 Å². The number of nitrogens with one attached hydrogen (secondary N) is 1. The maximum absolute atomic E-state index is 5.75. The number of nitrogens with zero attached hydrogens (tertiary/aromatic N) is 2. The smallest absolute Gasteiger partial charge is 0.207 e. The zero-order valence-electron chi connectivity index (χ0n) is 13.2. The molecule has 0 amide bonds. The van der Waals surface area contributed by atoms with Gasteiger partial charge in [-0.3, -0.25) is 0 Å². The Bertz CT molecular complexity index is 597. The van der Waals surface area contributed by atoms with Crippen LogP contribution in [-0.2, 0) is 15.9 Å². The normalized spacial score (nSPS) is 17.3. The topological polar surface area (TPSA) is 65.5 Å². The van der Waals surface area contributed by atoms with Crippen molar-refractivity contribution in [3.63, 3.8) is 0 Å². The van der Waals surface area contributed by atoms with Crippen LogP contribution in [0.2, 0.25) is 0 Å². The molecule has 3 rings (SSSR count). The lowest BCUT2D eigenvalue weighted by molar-refractivity contribution is 0.0679. The molecule has 1 unspecified atom stereocenters. The third-order valence-corrected chi connectivity index (χ3v) is 4.23. The molecule has 1 fully saturated rings. The van der Waals surface area contributed by atoms with Gasteiger partial charge in [-0.25, -0.2) is 4.98 Å². The molecule has 1 aliphatic heterocycles. The monoisotopic (exact) mass is 335 g/mol. The lowest BCUT2D eigenvalue weighted by atomic mass is 10.2. The van der Waals surface area contributed by atoms with Crippen molar-refractivity contribution in [2.75, 3.05) is 32.2 Å². The average molecular weight is 335 g/mol. The summed E-state index contributed by atoms with van der Waals surface area (Å²) in [5.74, 6) is 1.65. The fourth-order valence-corrected chi connectivity index (χ4v) is 2.96. The Morgan fingerprint density at radius 3 is 2.96 bits per heavy atom. The van der Waals surface area contributed by atoms with Crippen LogP contribution in [0.1, 0.15) is 18.7 Å². The number of hydrogen-bond donors (Lipinski definition) is 1. The van der Waals surface area contributed by atoms with Gasteiger partial charge >= 0.3 is 0 Å². The molecule has 0 bridgehead atoms. The third kappa shape index (κ3) is 4.89. The Balaban J connectivity index is 1.49. The predicted octanol–water partition coefficient (Wildman–Crippen LogP) is 3.03. The van der Waals surface area contributed by atoms with E-state index in [4.69, 9.17) is 14.2 Å². The highest BCUT2D eigenvalue weighted by Gasteiger charge is 2.15. The zero-order valence-corrected chi connectivity index (χ0v) is 14.0. The Kier molecular flexibility index (Phi) is 5.79. The van der Waals surface area contributed by atoms with Gasteiger partial charge in [0.25, 0.3) is 0 Å². The van der Waals surface area contributed by atoms with Crippen molar-refractivity contribution in [2.45, 2.75) is 25.4 Å². The SMILES string of the molecule is COCCc1nsc(Nc2ccc(OCC3CCCO3)cc2)n1. The van der Waals surface area contributed by atoms with Crippen molar-refractivity contribution in [1.82, 2.24) is 9.36 Å². The molecular weight excluding hydrogens is 314 g/mol. The van der Waals surface area contributed by atoms with Crippen LogP contribution in [-0.4, -0.2) is 42.4 Å². The van der Waals surface area contributed by atoms with Gasteiger partial charge in [-0.1, -0.05) is 0 Å². The first-order valence-corrected chi connectivity index (χ1v) is 8.54. The van der Waals surface area contributed by atoms with E-state index in [1.807, 2.05) is 24.3 Å². The van der Waals surface area contributed by atoms with Gasteiger partial charge in [-0.05, 0) is 37.1 Å². The maximum Gasteiger partial charge on any atom is 0.207 e. The summed E-state index contributed by atoms with van der Waals surface area (Å²) < 4.78 is 20.6. The van der Waals surface area contributed by atoms with Gasteiger partial charge in [0.05, 0.1) is 12.7 Å². The van der Waals surface area contributed by atoms with Gasteiger partial charge in [0.2, 0.25) is 5.13 Å². The summed E-state index contributed by atoms with van der Waals surface area (Å²) in [6.07, 6.45) is 3.18. The summed E-state index contributed by atoms with van der Waals surface area (Å²) in [7, 11) is 1.67. The minimum atomic E-state index is 0.236. The molecule has 2 aromatic rings. The van der Waals surface area contributed by atoms with Crippen LogP contribution >= 0.6 is 11.5 Å². The molecule has 1 aliphatic rings. The van der Waals surface area contributed by atoms with E-state index < -0.39 is 0 Å². The highest BCUT2D eigenvalue weighted by atomic mass is 32.1. The number of benzene rings is 1. The fourth-order valence-electron chi connectivity index (χ4n) is 2.32. The molecule has 0 aliphatic carbocycles. The van der Waals surface area contributed by atoms with E-state index in [1.54, 1.807) is 7.11 Å². The van der Waals surface area contributed by atoms with E-state index >= 15 is 0 Å². The second kappa shape index (κ2) is 8.24. The summed E-state index contributed by atoms with van der Waals surface area (Å²) in [5, 5.41) is 4.03. The molecule has 7 heteroatoms. The molecule has 23 heavy (non-hydrogen) atoms. The lowest BCUT2D eigenvalue weighted by Crippen LogP contribution is -2.16. The highest BCUT2D eigenvalue weighted by Crippen LogP contribution is 2.22. The van der Waals surface area contributed by atoms with Crippen molar-refractivity contribution < 1.29 is 14.2 Å². The number of rotatable bonds is 8. The molecule has 1 saturated heterocycles. The third-order valence-electron chi connectivity index (χ3n) is 3.56. The van der Waals surface area contributed by atoms with Gasteiger partial charge in [0.15, 0.2) is 0 Å². The molecule has 1 atom stereocenters. The summed E-state index contributed by atoms with van der Waals surface area (Å²) in [5.41, 5.74) is 0.962. The molecule has 1 N–H and O–H groups in total. The molecule has 6 nitrogen and oxygen atoms in total. The number of aromatic nitrogens is 2. The molecule has 1 aromatic carbocycles. The summed E-state index contributed by atoms with van der Waals surface area (Å²) in [4.78, 5) is 4.42. The van der Waals surface area contributed by atoms with Crippen LogP contribution in [0.25, 0.3) is 0 Å². The number of methoxy groups -OCH3 is 1. The highest BCUT2D eigenvalue weighted by molar-refractivity contribution is 7.09. The van der Waals surface area contributed by atoms with Crippen LogP contribution < -0.4 is 10.1 Å². The Hall–Kier alpha value is -1.70. The van der Waals surface area contributed by atoms with Crippen LogP contribution in [0, 0.1) is 0 Å². The predicted molar refractivity (Wildman–Crippen MR) is 89.7 cm³/mol. The van der Waals surface area contributed by atoms with Gasteiger partial charge in [0, 0.05) is 37.4 Å². The zero-order chi connectivity index (χ0) is 15.9. The van der Waals surface area contributed by atoms with Gasteiger partial charge in [-0.15, -0.1) is 0 Å². The van der Waals surface area contributed by atoms with E-state index in [0.29, 0.717) is 13.2 Å². The molecule has 0 saturated carbocycles. The quantitative estimate of drug-likeness (QED) is 0.800. The van der Waals surface area contributed by atoms with E-state index in [0.717, 1.165) is 48.3 Å². The number of anilines is 2. The summed E-state index contributed by atoms with van der Waals surface area (Å²) >= 11 is 1.35. The molecule has 0 spiro atoms. The van der Waals surface area contributed by atoms with Crippen LogP contribution in [0.3, 0.4) is 0 Å². The van der Waals surface area contributed by atoms with Gasteiger partial charge in [0.1, 0.15) is 18.2 Å². The van der Waals surface area contributed by atoms with E-state index in [2.05, 4.69) is 14.7 Å². The standard InChI is InChI=1S/C16H21N3O3S/c1-20-10-8-15-18-16(23-19-15)17-12-4-6-13(7-5-12)22-11-14-3-2-9-21-14/h4-7,14H,2-3,8-11H2,1H3,(H,17,18,19). The van der Waals surface area contributed by atoms with Gasteiger partial charge in [-0.2, -0.15) is 4.37 Å². The molecule has 0 radical (unpaired) electrons. The van der Waals surface area contributed by atoms with Crippen LogP contribution in [0.15, 0.2) is 24.3 Å². The van der Waals surface area contributed by atoms with Crippen molar-refractivity contribution in [3.8, 4) is 5.75 Å². The molecule has 2 heterocycles. The van der Waals surface area contributed by atoms with Crippen molar-refractivity contribution in [2.24, 2.45) is 0 Å². The average Bonchev–Trinajstić information content (AvgIpc) is 3.24. The first kappa shape index (κ1) is 16.2. The van der Waals surface area contributed by atoms with E-state index in [1.165, 1.54) is 11.5 Å². The Morgan fingerprint density at radius 1 is 1.35 bits per heavy atom. The lowest BCUT2D eigenvalue weighted by Gasteiger charge is -2.11. The van der Waals surface area contributed by atoms with E-state index in [9.17, 15) is 0 Å². The minimum absolute atomic E-state index is 0.236.